The van der Waals surface area contributed by atoms with E-state index in [0.29, 0.717) is 5.82 Å². The van der Waals surface area contributed by atoms with Crippen molar-refractivity contribution in [3.8, 4) is 0 Å². The van der Waals surface area contributed by atoms with E-state index in [9.17, 15) is 18.5 Å². The van der Waals surface area contributed by atoms with Crippen LogP contribution in [0, 0.1) is 10.1 Å². The molecule has 0 fully saturated rings. The van der Waals surface area contributed by atoms with Crippen LogP contribution in [0.1, 0.15) is 0 Å². The minimum Gasteiger partial charge on any atom is -0.373 e. The number of nitrogens with zero attached hydrogens (tertiary/aromatic N) is 2. The summed E-state index contributed by atoms with van der Waals surface area (Å²) in [7, 11) is -1.63. The van der Waals surface area contributed by atoms with Crippen LogP contribution in [0.15, 0.2) is 12.1 Å². The van der Waals surface area contributed by atoms with Crippen LogP contribution in [0.25, 0.3) is 0 Å². The van der Waals surface area contributed by atoms with Gasteiger partial charge < -0.3 is 10.6 Å². The van der Waals surface area contributed by atoms with Crippen LogP contribution in [0.2, 0.25) is 0 Å². The molecule has 0 saturated heterocycles. The molecule has 0 amide bonds. The highest BCUT2D eigenvalue weighted by atomic mass is 32.2. The summed E-state index contributed by atoms with van der Waals surface area (Å²) < 4.78 is 24.0. The van der Waals surface area contributed by atoms with Gasteiger partial charge in [0.1, 0.15) is 5.82 Å². The fraction of sp³-hybridized carbons (Fsp3) is 0.444. The van der Waals surface area contributed by atoms with E-state index in [1.807, 2.05) is 0 Å². The lowest BCUT2D eigenvalue weighted by Crippen LogP contribution is -2.28. The molecule has 0 spiro atoms. The van der Waals surface area contributed by atoms with Crippen molar-refractivity contribution in [3.05, 3.63) is 22.2 Å². The Bertz CT molecular complexity index is 560. The molecule has 1 aromatic rings. The van der Waals surface area contributed by atoms with E-state index in [2.05, 4.69) is 20.3 Å². The zero-order valence-electron chi connectivity index (χ0n) is 10.5. The molecule has 106 valence electrons. The fourth-order valence-electron chi connectivity index (χ4n) is 1.29. The monoisotopic (exact) mass is 289 g/mol. The Morgan fingerprint density at radius 3 is 2.58 bits per heavy atom. The second kappa shape index (κ2) is 6.29. The molecule has 0 atom stereocenters. The second-order valence-corrected chi connectivity index (χ2v) is 5.50. The number of pyridine rings is 1. The molecular formula is C9H15N5O4S. The zero-order valence-corrected chi connectivity index (χ0v) is 11.3. The first-order valence-corrected chi connectivity index (χ1v) is 7.24. The van der Waals surface area contributed by atoms with Crippen molar-refractivity contribution < 1.29 is 13.3 Å². The van der Waals surface area contributed by atoms with Crippen molar-refractivity contribution in [1.29, 1.82) is 0 Å². The maximum Gasteiger partial charge on any atom is 0.311 e. The van der Waals surface area contributed by atoms with Crippen molar-refractivity contribution in [3.63, 3.8) is 0 Å². The minimum absolute atomic E-state index is 0.0900. The molecule has 10 heteroatoms. The molecule has 0 aromatic carbocycles. The average Bonchev–Trinajstić information content (AvgIpc) is 2.33. The summed E-state index contributed by atoms with van der Waals surface area (Å²) in [6, 6.07) is 2.81. The van der Waals surface area contributed by atoms with E-state index < -0.39 is 14.9 Å². The van der Waals surface area contributed by atoms with Gasteiger partial charge in [0.25, 0.3) is 0 Å². The summed E-state index contributed by atoms with van der Waals surface area (Å²) in [5, 5.41) is 16.3. The first-order chi connectivity index (χ1) is 8.83. The van der Waals surface area contributed by atoms with Crippen LogP contribution in [0.5, 0.6) is 0 Å². The van der Waals surface area contributed by atoms with Crippen LogP contribution < -0.4 is 15.4 Å². The van der Waals surface area contributed by atoms with E-state index in [1.165, 1.54) is 12.1 Å². The standard InChI is InChI=1S/C9H15N5O4S/c1-10-8-4-3-7(14(15)16)9(13-8)11-5-6-12-19(2,17)18/h3-4,12H,5-6H2,1-2H3,(H2,10,11,13). The molecule has 0 bridgehead atoms. The van der Waals surface area contributed by atoms with Crippen molar-refractivity contribution in [2.45, 2.75) is 0 Å². The van der Waals surface area contributed by atoms with Gasteiger partial charge in [-0.25, -0.2) is 18.1 Å². The number of rotatable bonds is 7. The lowest BCUT2D eigenvalue weighted by atomic mass is 10.3. The number of hydrogen-bond acceptors (Lipinski definition) is 7. The maximum absolute atomic E-state index is 10.8. The molecule has 19 heavy (non-hydrogen) atoms. The number of sulfonamides is 1. The Hall–Kier alpha value is -1.94. The van der Waals surface area contributed by atoms with Crippen LogP contribution in [-0.4, -0.2) is 44.7 Å². The van der Waals surface area contributed by atoms with Gasteiger partial charge in [0.2, 0.25) is 15.8 Å². The second-order valence-electron chi connectivity index (χ2n) is 3.66. The summed E-state index contributed by atoms with van der Waals surface area (Å²) in [6.07, 6.45) is 1.04. The molecule has 1 aromatic heterocycles. The highest BCUT2D eigenvalue weighted by Gasteiger charge is 2.15. The van der Waals surface area contributed by atoms with E-state index >= 15 is 0 Å². The smallest absolute Gasteiger partial charge is 0.311 e. The largest absolute Gasteiger partial charge is 0.373 e. The number of hydrogen-bond donors (Lipinski definition) is 3. The summed E-state index contributed by atoms with van der Waals surface area (Å²) >= 11 is 0. The molecule has 0 aliphatic heterocycles. The quantitative estimate of drug-likeness (QED) is 0.366. The van der Waals surface area contributed by atoms with Gasteiger partial charge in [0.05, 0.1) is 11.2 Å². The Balaban J connectivity index is 2.72. The number of anilines is 2. The van der Waals surface area contributed by atoms with E-state index in [1.54, 1.807) is 7.05 Å². The molecule has 0 unspecified atom stereocenters. The Morgan fingerprint density at radius 2 is 2.05 bits per heavy atom. The molecule has 0 aliphatic carbocycles. The SMILES string of the molecule is CNc1ccc([N+](=O)[O-])c(NCCNS(C)(=O)=O)n1. The van der Waals surface area contributed by atoms with Crippen LogP contribution in [0.4, 0.5) is 17.3 Å². The van der Waals surface area contributed by atoms with Crippen LogP contribution in [0.3, 0.4) is 0 Å². The van der Waals surface area contributed by atoms with Gasteiger partial charge in [0, 0.05) is 26.2 Å². The third kappa shape index (κ3) is 5.06. The summed E-state index contributed by atoms with van der Waals surface area (Å²) in [5.41, 5.74) is -0.168. The summed E-state index contributed by atoms with van der Waals surface area (Å²) in [4.78, 5) is 14.3. The molecule has 9 nitrogen and oxygen atoms in total. The van der Waals surface area contributed by atoms with Gasteiger partial charge in [-0.1, -0.05) is 0 Å². The molecule has 0 saturated carbocycles. The Kier molecular flexibility index (Phi) is 5.01. The lowest BCUT2D eigenvalue weighted by Gasteiger charge is -2.08. The molecule has 0 radical (unpaired) electrons. The van der Waals surface area contributed by atoms with Crippen molar-refractivity contribution >= 4 is 27.3 Å². The lowest BCUT2D eigenvalue weighted by molar-refractivity contribution is -0.384. The highest BCUT2D eigenvalue weighted by Crippen LogP contribution is 2.23. The van der Waals surface area contributed by atoms with Crippen molar-refractivity contribution in [1.82, 2.24) is 9.71 Å². The predicted octanol–water partition coefficient (Wildman–Crippen LogP) is -0.00740. The third-order valence-corrected chi connectivity index (χ3v) is 2.84. The number of aromatic nitrogens is 1. The molecule has 3 N–H and O–H groups in total. The molecular weight excluding hydrogens is 274 g/mol. The van der Waals surface area contributed by atoms with E-state index in [0.717, 1.165) is 6.26 Å². The normalized spacial score (nSPS) is 11.1. The average molecular weight is 289 g/mol. The molecule has 0 aliphatic rings. The number of nitro groups is 1. The van der Waals surface area contributed by atoms with E-state index in [4.69, 9.17) is 0 Å². The van der Waals surface area contributed by atoms with Gasteiger partial charge in [-0.2, -0.15) is 0 Å². The van der Waals surface area contributed by atoms with E-state index in [-0.39, 0.29) is 24.6 Å². The van der Waals surface area contributed by atoms with Gasteiger partial charge in [-0.3, -0.25) is 10.1 Å². The fourth-order valence-corrected chi connectivity index (χ4v) is 1.76. The molecule has 1 heterocycles. The van der Waals surface area contributed by atoms with Crippen LogP contribution >= 0.6 is 0 Å². The summed E-state index contributed by atoms with van der Waals surface area (Å²) in [5.74, 6) is 0.566. The third-order valence-electron chi connectivity index (χ3n) is 2.11. The van der Waals surface area contributed by atoms with Gasteiger partial charge in [-0.15, -0.1) is 0 Å². The summed E-state index contributed by atoms with van der Waals surface area (Å²) in [6.45, 7) is 0.301. The van der Waals surface area contributed by atoms with Gasteiger partial charge in [-0.05, 0) is 6.07 Å². The first-order valence-electron chi connectivity index (χ1n) is 5.35. The van der Waals surface area contributed by atoms with Crippen molar-refractivity contribution in [2.24, 2.45) is 0 Å². The maximum atomic E-state index is 10.8. The Labute approximate surface area is 110 Å². The van der Waals surface area contributed by atoms with Crippen molar-refractivity contribution in [2.75, 3.05) is 37.0 Å². The zero-order chi connectivity index (χ0) is 14.5. The molecule has 1 rings (SSSR count). The van der Waals surface area contributed by atoms with Crippen LogP contribution in [-0.2, 0) is 10.0 Å². The minimum atomic E-state index is -3.27. The predicted molar refractivity (Wildman–Crippen MR) is 71.8 cm³/mol. The Morgan fingerprint density at radius 1 is 1.37 bits per heavy atom. The first kappa shape index (κ1) is 15.1. The van der Waals surface area contributed by atoms with Gasteiger partial charge in [0.15, 0.2) is 0 Å². The van der Waals surface area contributed by atoms with Gasteiger partial charge >= 0.3 is 5.69 Å². The topological polar surface area (TPSA) is 126 Å². The number of nitrogens with one attached hydrogen (secondary N) is 3. The highest BCUT2D eigenvalue weighted by molar-refractivity contribution is 7.88.